The van der Waals surface area contributed by atoms with E-state index in [1.807, 2.05) is 12.1 Å². The molecule has 2 N–H and O–H groups in total. The number of fused-ring (bicyclic) bond motifs is 1. The van der Waals surface area contributed by atoms with Crippen molar-refractivity contribution in [2.24, 2.45) is 0 Å². The Labute approximate surface area is 60.9 Å². The Morgan fingerprint density at radius 1 is 1.20 bits per heavy atom. The molecule has 0 radical (unpaired) electrons. The molecule has 0 spiro atoms. The quantitative estimate of drug-likeness (QED) is 0.611. The van der Waals surface area contributed by atoms with Crippen molar-refractivity contribution >= 4 is 24.4 Å². The molecule has 1 nitrogen and oxygen atoms in total. The zero-order chi connectivity index (χ0) is 6.97. The van der Waals surface area contributed by atoms with E-state index in [0.29, 0.717) is 8.19 Å². The van der Waals surface area contributed by atoms with E-state index >= 15 is 0 Å². The van der Waals surface area contributed by atoms with E-state index in [1.54, 1.807) is 0 Å². The van der Waals surface area contributed by atoms with Gasteiger partial charge in [0.25, 0.3) is 0 Å². The first kappa shape index (κ1) is 5.82. The molecule has 0 aliphatic rings. The van der Waals surface area contributed by atoms with Crippen LogP contribution >= 0.6 is 8.19 Å². The van der Waals surface area contributed by atoms with Crippen LogP contribution in [-0.4, -0.2) is 0 Å². The highest BCUT2D eigenvalue weighted by Gasteiger charge is 1.94. The molecule has 1 aromatic carbocycles. The average Bonchev–Trinajstić information content (AvgIpc) is 2.34. The van der Waals surface area contributed by atoms with Gasteiger partial charge in [-0.2, -0.15) is 0 Å². The van der Waals surface area contributed by atoms with Crippen molar-refractivity contribution in [1.29, 1.82) is 0 Å². The molecule has 0 aliphatic heterocycles. The van der Waals surface area contributed by atoms with Gasteiger partial charge in [0.2, 0.25) is 0 Å². The summed E-state index contributed by atoms with van der Waals surface area (Å²) < 4.78 is 0. The summed E-state index contributed by atoms with van der Waals surface area (Å²) in [4.78, 5) is 0. The van der Waals surface area contributed by atoms with E-state index in [1.165, 1.54) is 10.8 Å². The van der Waals surface area contributed by atoms with Crippen LogP contribution in [0.3, 0.4) is 0 Å². The van der Waals surface area contributed by atoms with E-state index in [2.05, 4.69) is 17.9 Å². The normalized spacial score (nSPS) is 11.2. The second kappa shape index (κ2) is 2.03. The fraction of sp³-hybridized carbons (Fsp3) is 0. The molecule has 10 heavy (non-hydrogen) atoms. The smallest absolute Gasteiger partial charge is 0.0557 e. The number of nitrogens with two attached hydrogens (primary N) is 1. The number of hydrogen-bond donors (Lipinski definition) is 1. The Balaban J connectivity index is 2.93. The molecule has 0 fully saturated rings. The zero-order valence-corrected chi connectivity index (χ0v) is 6.46. The third-order valence-electron chi connectivity index (χ3n) is 1.63. The first-order valence-electron chi connectivity index (χ1n) is 3.19. The molecule has 0 saturated carbocycles. The van der Waals surface area contributed by atoms with Crippen LogP contribution in [0, 0.1) is 0 Å². The van der Waals surface area contributed by atoms with Crippen LogP contribution in [0.4, 0.5) is 5.42 Å². The maximum absolute atomic E-state index is 5.74. The standard InChI is InChI=1S/C8H8NP/c9-8-7-4-2-1-3-6(7)5-10-8/h1-5,10H,9H2. The van der Waals surface area contributed by atoms with Crippen LogP contribution in [0.25, 0.3) is 10.8 Å². The van der Waals surface area contributed by atoms with Gasteiger partial charge in [0.15, 0.2) is 0 Å². The van der Waals surface area contributed by atoms with Gasteiger partial charge < -0.3 is 5.73 Å². The van der Waals surface area contributed by atoms with Crippen LogP contribution in [0.5, 0.6) is 0 Å². The zero-order valence-electron chi connectivity index (χ0n) is 5.46. The van der Waals surface area contributed by atoms with E-state index in [0.717, 1.165) is 5.42 Å². The van der Waals surface area contributed by atoms with E-state index in [4.69, 9.17) is 5.73 Å². The van der Waals surface area contributed by atoms with Crippen LogP contribution in [0.15, 0.2) is 30.1 Å². The number of benzene rings is 1. The van der Waals surface area contributed by atoms with Gasteiger partial charge in [0.1, 0.15) is 0 Å². The lowest BCUT2D eigenvalue weighted by Gasteiger charge is -1.88. The van der Waals surface area contributed by atoms with E-state index < -0.39 is 0 Å². The van der Waals surface area contributed by atoms with Crippen LogP contribution in [0.2, 0.25) is 0 Å². The molecule has 1 atom stereocenters. The summed E-state index contributed by atoms with van der Waals surface area (Å²) in [5, 5.41) is 2.51. The van der Waals surface area contributed by atoms with Gasteiger partial charge in [0, 0.05) is 5.39 Å². The molecular weight excluding hydrogens is 141 g/mol. The Hall–Kier alpha value is -0.940. The average molecular weight is 149 g/mol. The Kier molecular flexibility index (Phi) is 1.18. The highest BCUT2D eigenvalue weighted by Crippen LogP contribution is 2.30. The summed E-state index contributed by atoms with van der Waals surface area (Å²) in [5.74, 6) is 2.19. The first-order chi connectivity index (χ1) is 4.88. The van der Waals surface area contributed by atoms with Gasteiger partial charge in [-0.25, -0.2) is 0 Å². The van der Waals surface area contributed by atoms with Crippen molar-refractivity contribution in [2.45, 2.75) is 0 Å². The molecule has 0 saturated heterocycles. The van der Waals surface area contributed by atoms with Gasteiger partial charge >= 0.3 is 0 Å². The van der Waals surface area contributed by atoms with Gasteiger partial charge in [-0.05, 0) is 11.2 Å². The second-order valence-electron chi connectivity index (χ2n) is 2.29. The molecule has 1 unspecified atom stereocenters. The predicted molar refractivity (Wildman–Crippen MR) is 47.9 cm³/mol. The lowest BCUT2D eigenvalue weighted by molar-refractivity contribution is 1.84. The summed E-state index contributed by atoms with van der Waals surface area (Å²) >= 11 is 0. The van der Waals surface area contributed by atoms with Crippen LogP contribution in [-0.2, 0) is 0 Å². The summed E-state index contributed by atoms with van der Waals surface area (Å²) in [6, 6.07) is 8.23. The van der Waals surface area contributed by atoms with Crippen LogP contribution in [0.1, 0.15) is 0 Å². The maximum atomic E-state index is 5.74. The minimum atomic E-state index is 0.690. The van der Waals surface area contributed by atoms with Gasteiger partial charge in [-0.1, -0.05) is 24.3 Å². The molecule has 2 heteroatoms. The molecule has 0 amide bonds. The highest BCUT2D eigenvalue weighted by molar-refractivity contribution is 7.35. The topological polar surface area (TPSA) is 26.0 Å². The summed E-state index contributed by atoms with van der Waals surface area (Å²) in [6.07, 6.45) is 0. The number of rotatable bonds is 0. The van der Waals surface area contributed by atoms with E-state index in [9.17, 15) is 0 Å². The van der Waals surface area contributed by atoms with Gasteiger partial charge in [-0.3, -0.25) is 0 Å². The fourth-order valence-corrected chi connectivity index (χ4v) is 2.05. The van der Waals surface area contributed by atoms with Crippen molar-refractivity contribution in [3.63, 3.8) is 0 Å². The Morgan fingerprint density at radius 2 is 2.00 bits per heavy atom. The minimum Gasteiger partial charge on any atom is -0.395 e. The SMILES string of the molecule is Nc1[pH]cc2ccccc12. The molecule has 2 aromatic rings. The van der Waals surface area contributed by atoms with Crippen molar-refractivity contribution < 1.29 is 0 Å². The fourth-order valence-electron chi connectivity index (χ4n) is 1.10. The van der Waals surface area contributed by atoms with Gasteiger partial charge in [-0.15, -0.1) is 8.19 Å². The number of anilines is 1. The predicted octanol–water partition coefficient (Wildman–Crippen LogP) is 2.45. The van der Waals surface area contributed by atoms with Gasteiger partial charge in [0.05, 0.1) is 5.42 Å². The Bertz CT molecular complexity index is 351. The minimum absolute atomic E-state index is 0.690. The number of hydrogen-bond acceptors (Lipinski definition) is 1. The molecule has 0 aliphatic carbocycles. The summed E-state index contributed by atoms with van der Waals surface area (Å²) in [6.45, 7) is 0. The highest BCUT2D eigenvalue weighted by atomic mass is 31.0. The molecule has 50 valence electrons. The number of nitrogen functional groups attached to an aromatic ring is 1. The van der Waals surface area contributed by atoms with Crippen molar-refractivity contribution in [3.8, 4) is 0 Å². The third kappa shape index (κ3) is 0.714. The molecule has 2 rings (SSSR count). The first-order valence-corrected chi connectivity index (χ1v) is 4.27. The summed E-state index contributed by atoms with van der Waals surface area (Å²) in [5.41, 5.74) is 6.77. The van der Waals surface area contributed by atoms with Crippen molar-refractivity contribution in [2.75, 3.05) is 5.73 Å². The Morgan fingerprint density at radius 3 is 2.80 bits per heavy atom. The second-order valence-corrected chi connectivity index (χ2v) is 3.41. The molecule has 1 aromatic heterocycles. The maximum Gasteiger partial charge on any atom is 0.0557 e. The summed E-state index contributed by atoms with van der Waals surface area (Å²) in [7, 11) is 0.690. The lowest BCUT2D eigenvalue weighted by atomic mass is 10.2. The van der Waals surface area contributed by atoms with E-state index in [-0.39, 0.29) is 0 Å². The van der Waals surface area contributed by atoms with Crippen molar-refractivity contribution in [3.05, 3.63) is 30.1 Å². The lowest BCUT2D eigenvalue weighted by Crippen LogP contribution is -1.76. The molecule has 1 heterocycles. The molecular formula is C8H8NP. The van der Waals surface area contributed by atoms with Crippen LogP contribution < -0.4 is 5.73 Å². The monoisotopic (exact) mass is 149 g/mol. The van der Waals surface area contributed by atoms with Crippen molar-refractivity contribution in [1.82, 2.24) is 0 Å². The largest absolute Gasteiger partial charge is 0.395 e. The molecule has 0 bridgehead atoms. The third-order valence-corrected chi connectivity index (χ3v) is 2.67.